The molecular weight excluding hydrogens is 316 g/mol. The predicted molar refractivity (Wildman–Crippen MR) is 82.3 cm³/mol. The Hall–Kier alpha value is -2.33. The summed E-state index contributed by atoms with van der Waals surface area (Å²) in [6.07, 6.45) is 3.69. The highest BCUT2D eigenvalue weighted by Crippen LogP contribution is 2.26. The summed E-state index contributed by atoms with van der Waals surface area (Å²) in [7, 11) is 0. The Kier molecular flexibility index (Phi) is 4.86. The van der Waals surface area contributed by atoms with Crippen molar-refractivity contribution in [2.24, 2.45) is 0 Å². The van der Waals surface area contributed by atoms with Crippen LogP contribution in [0.1, 0.15) is 30.5 Å². The molecule has 0 bridgehead atoms. The van der Waals surface area contributed by atoms with Crippen LogP contribution in [-0.2, 0) is 6.54 Å². The minimum absolute atomic E-state index is 0.0714. The van der Waals surface area contributed by atoms with Crippen LogP contribution in [0, 0.1) is 17.0 Å². The highest BCUT2D eigenvalue weighted by Gasteiger charge is 2.26. The molecule has 3 rings (SSSR count). The molecule has 10 nitrogen and oxygen atoms in total. The molecule has 1 saturated heterocycles. The van der Waals surface area contributed by atoms with Gasteiger partial charge < -0.3 is 14.5 Å². The molecule has 2 aromatic rings. The summed E-state index contributed by atoms with van der Waals surface area (Å²) < 4.78 is 6.62. The maximum atomic E-state index is 10.6. The summed E-state index contributed by atoms with van der Waals surface area (Å²) in [5, 5.41) is 28.5. The van der Waals surface area contributed by atoms with E-state index in [-0.39, 0.29) is 18.2 Å². The molecule has 1 fully saturated rings. The van der Waals surface area contributed by atoms with Crippen molar-refractivity contribution in [1.29, 1.82) is 0 Å². The quantitative estimate of drug-likeness (QED) is 0.604. The van der Waals surface area contributed by atoms with Crippen LogP contribution in [0.2, 0.25) is 0 Å². The predicted octanol–water partition coefficient (Wildman–Crippen LogP) is 0.723. The third-order valence-electron chi connectivity index (χ3n) is 4.18. The lowest BCUT2D eigenvalue weighted by Gasteiger charge is -2.31. The molecule has 0 aliphatic carbocycles. The zero-order chi connectivity index (χ0) is 17.1. The summed E-state index contributed by atoms with van der Waals surface area (Å²) in [5.74, 6) is 1.61. The van der Waals surface area contributed by atoms with Gasteiger partial charge in [0, 0.05) is 12.5 Å². The molecule has 0 aromatic carbocycles. The van der Waals surface area contributed by atoms with Crippen LogP contribution in [0.3, 0.4) is 0 Å². The van der Waals surface area contributed by atoms with Crippen LogP contribution in [0.15, 0.2) is 16.9 Å². The van der Waals surface area contributed by atoms with Crippen molar-refractivity contribution in [3.05, 3.63) is 34.2 Å². The lowest BCUT2D eigenvalue weighted by atomic mass is 9.96. The van der Waals surface area contributed by atoms with Gasteiger partial charge in [0.1, 0.15) is 12.4 Å². The first-order valence-corrected chi connectivity index (χ1v) is 7.88. The second-order valence-corrected chi connectivity index (χ2v) is 6.09. The van der Waals surface area contributed by atoms with Crippen molar-refractivity contribution >= 4 is 5.69 Å². The number of aliphatic hydroxyl groups excluding tert-OH is 1. The minimum Gasteiger partial charge on any atom is -0.390 e. The number of hydrogen-bond acceptors (Lipinski definition) is 8. The van der Waals surface area contributed by atoms with Crippen molar-refractivity contribution in [2.45, 2.75) is 38.3 Å². The van der Waals surface area contributed by atoms with E-state index in [2.05, 4.69) is 20.1 Å². The number of aromatic nitrogens is 4. The molecule has 0 spiro atoms. The van der Waals surface area contributed by atoms with Crippen LogP contribution < -0.4 is 0 Å². The topological polar surface area (TPSA) is 123 Å². The van der Waals surface area contributed by atoms with Gasteiger partial charge in [0.25, 0.3) is 0 Å². The summed E-state index contributed by atoms with van der Waals surface area (Å²) in [4.78, 5) is 16.6. The normalized spacial score (nSPS) is 17.9. The molecule has 1 N–H and O–H groups in total. The summed E-state index contributed by atoms with van der Waals surface area (Å²) in [6.45, 7) is 4.21. The molecular formula is C14H20N6O4. The fourth-order valence-corrected chi connectivity index (χ4v) is 2.96. The van der Waals surface area contributed by atoms with Crippen LogP contribution in [0.5, 0.6) is 0 Å². The number of likely N-dealkylation sites (tertiary alicyclic amines) is 1. The molecule has 0 amide bonds. The summed E-state index contributed by atoms with van der Waals surface area (Å²) >= 11 is 0. The number of rotatable bonds is 6. The highest BCUT2D eigenvalue weighted by atomic mass is 16.6. The van der Waals surface area contributed by atoms with E-state index in [0.29, 0.717) is 18.3 Å². The van der Waals surface area contributed by atoms with Gasteiger partial charge in [0.2, 0.25) is 5.89 Å². The summed E-state index contributed by atoms with van der Waals surface area (Å²) in [6, 6.07) is 0. The average molecular weight is 336 g/mol. The van der Waals surface area contributed by atoms with E-state index in [0.717, 1.165) is 25.9 Å². The molecule has 1 atom stereocenters. The van der Waals surface area contributed by atoms with Gasteiger partial charge in [0.15, 0.2) is 5.82 Å². The Morgan fingerprint density at radius 2 is 2.21 bits per heavy atom. The maximum absolute atomic E-state index is 10.6. The second-order valence-electron chi connectivity index (χ2n) is 6.09. The fraction of sp³-hybridized carbons (Fsp3) is 0.643. The third-order valence-corrected chi connectivity index (χ3v) is 4.18. The smallest absolute Gasteiger partial charge is 0.306 e. The van der Waals surface area contributed by atoms with Gasteiger partial charge in [-0.25, -0.2) is 0 Å². The molecule has 0 radical (unpaired) electrons. The van der Waals surface area contributed by atoms with E-state index in [9.17, 15) is 15.2 Å². The molecule has 1 unspecified atom stereocenters. The Morgan fingerprint density at radius 1 is 1.46 bits per heavy atom. The number of aliphatic hydroxyl groups is 1. The lowest BCUT2D eigenvalue weighted by Crippen LogP contribution is -2.39. The van der Waals surface area contributed by atoms with E-state index >= 15 is 0 Å². The average Bonchev–Trinajstić information content (AvgIpc) is 3.17. The molecule has 24 heavy (non-hydrogen) atoms. The van der Waals surface area contributed by atoms with Crippen LogP contribution in [0.4, 0.5) is 5.69 Å². The molecule has 10 heteroatoms. The number of aryl methyl sites for hydroxylation is 1. The number of hydrogen-bond donors (Lipinski definition) is 1. The first kappa shape index (κ1) is 16.5. The van der Waals surface area contributed by atoms with Crippen molar-refractivity contribution in [1.82, 2.24) is 24.8 Å². The fourth-order valence-electron chi connectivity index (χ4n) is 2.96. The van der Waals surface area contributed by atoms with Crippen molar-refractivity contribution in [2.75, 3.05) is 19.6 Å². The van der Waals surface area contributed by atoms with E-state index in [4.69, 9.17) is 4.52 Å². The summed E-state index contributed by atoms with van der Waals surface area (Å²) in [5.41, 5.74) is -0.0714. The first-order chi connectivity index (χ1) is 11.5. The van der Waals surface area contributed by atoms with Gasteiger partial charge in [0.05, 0.1) is 17.6 Å². The van der Waals surface area contributed by atoms with Gasteiger partial charge in [-0.05, 0) is 32.9 Å². The maximum Gasteiger partial charge on any atom is 0.306 e. The van der Waals surface area contributed by atoms with Crippen molar-refractivity contribution in [3.63, 3.8) is 0 Å². The van der Waals surface area contributed by atoms with Crippen LogP contribution in [0.25, 0.3) is 0 Å². The number of piperidine rings is 1. The van der Waals surface area contributed by atoms with Gasteiger partial charge in [-0.15, -0.1) is 0 Å². The Balaban J connectivity index is 1.45. The molecule has 3 heterocycles. The molecule has 130 valence electrons. The van der Waals surface area contributed by atoms with E-state index in [1.54, 1.807) is 6.92 Å². The van der Waals surface area contributed by atoms with Gasteiger partial charge in [-0.1, -0.05) is 5.16 Å². The van der Waals surface area contributed by atoms with Gasteiger partial charge >= 0.3 is 5.69 Å². The number of nitro groups is 1. The van der Waals surface area contributed by atoms with E-state index in [1.807, 2.05) is 0 Å². The standard InChI is InChI=1S/C14H20N6O4/c1-10-16-14(24-17-10)11-2-4-18(5-3-11)8-13(21)9-19-7-12(6-15-19)20(22)23/h6-7,11,13,21H,2-5,8-9H2,1H3. The molecule has 0 saturated carbocycles. The van der Waals surface area contributed by atoms with Crippen LogP contribution in [-0.4, -0.2) is 60.6 Å². The zero-order valence-corrected chi connectivity index (χ0v) is 13.4. The van der Waals surface area contributed by atoms with Crippen molar-refractivity contribution in [3.8, 4) is 0 Å². The number of nitrogens with zero attached hydrogens (tertiary/aromatic N) is 6. The second kappa shape index (κ2) is 7.05. The monoisotopic (exact) mass is 336 g/mol. The first-order valence-electron chi connectivity index (χ1n) is 7.88. The van der Waals surface area contributed by atoms with Gasteiger partial charge in [-0.3, -0.25) is 14.8 Å². The van der Waals surface area contributed by atoms with E-state index < -0.39 is 11.0 Å². The molecule has 2 aromatic heterocycles. The van der Waals surface area contributed by atoms with Gasteiger partial charge in [-0.2, -0.15) is 10.1 Å². The Bertz CT molecular complexity index is 691. The Labute approximate surface area is 138 Å². The highest BCUT2D eigenvalue weighted by molar-refractivity contribution is 5.20. The lowest BCUT2D eigenvalue weighted by molar-refractivity contribution is -0.385. The minimum atomic E-state index is -0.633. The molecule has 1 aliphatic rings. The van der Waals surface area contributed by atoms with E-state index in [1.165, 1.54) is 17.1 Å². The molecule has 1 aliphatic heterocycles. The Morgan fingerprint density at radius 3 is 2.79 bits per heavy atom. The van der Waals surface area contributed by atoms with Crippen LogP contribution >= 0.6 is 0 Å². The van der Waals surface area contributed by atoms with Crippen molar-refractivity contribution < 1.29 is 14.6 Å². The zero-order valence-electron chi connectivity index (χ0n) is 13.4. The SMILES string of the molecule is Cc1noc(C2CCN(CC(O)Cn3cc([N+](=O)[O-])cn3)CC2)n1. The third kappa shape index (κ3) is 3.95. The number of β-amino-alcohol motifs (C(OH)–C–C–N with tert-alkyl or cyclic N) is 1. The largest absolute Gasteiger partial charge is 0.390 e.